The summed E-state index contributed by atoms with van der Waals surface area (Å²) in [6.07, 6.45) is 0. The van der Waals surface area contributed by atoms with Crippen molar-refractivity contribution >= 4 is 5.69 Å². The van der Waals surface area contributed by atoms with Gasteiger partial charge in [-0.25, -0.2) is 0 Å². The lowest BCUT2D eigenvalue weighted by atomic mass is 9.77. The zero-order chi connectivity index (χ0) is 13.9. The van der Waals surface area contributed by atoms with E-state index in [1.54, 1.807) is 0 Å². The molecule has 0 spiro atoms. The molecule has 0 fully saturated rings. The number of hydrogen-bond donors (Lipinski definition) is 0. The Hall–Kier alpha value is -2.27. The van der Waals surface area contributed by atoms with E-state index in [-0.39, 0.29) is 0 Å². The molecule has 0 heterocycles. The van der Waals surface area contributed by atoms with Crippen LogP contribution >= 0.6 is 0 Å². The SMILES string of the molecule is CN(C)c1ccc(C(C)(C#N)c2ccccc2)cc1. The Labute approximate surface area is 114 Å². The van der Waals surface area contributed by atoms with Gasteiger partial charge in [-0.15, -0.1) is 0 Å². The molecule has 1 atom stereocenters. The molecule has 0 aliphatic carbocycles. The normalized spacial score (nSPS) is 13.4. The molecular weight excluding hydrogens is 232 g/mol. The molecule has 0 aromatic heterocycles. The molecular formula is C17H18N2. The summed E-state index contributed by atoms with van der Waals surface area (Å²) >= 11 is 0. The van der Waals surface area contributed by atoms with E-state index in [1.165, 1.54) is 0 Å². The second-order valence-corrected chi connectivity index (χ2v) is 5.04. The van der Waals surface area contributed by atoms with Crippen LogP contribution in [0.3, 0.4) is 0 Å². The van der Waals surface area contributed by atoms with Crippen LogP contribution in [0.2, 0.25) is 0 Å². The molecule has 96 valence electrons. The first-order valence-electron chi connectivity index (χ1n) is 6.32. The van der Waals surface area contributed by atoms with Crippen molar-refractivity contribution in [3.63, 3.8) is 0 Å². The standard InChI is InChI=1S/C17H18N2/c1-17(13-18,14-7-5-4-6-8-14)15-9-11-16(12-10-15)19(2)3/h4-12H,1-3H3. The molecule has 0 saturated carbocycles. The summed E-state index contributed by atoms with van der Waals surface area (Å²) in [5, 5.41) is 9.61. The molecule has 19 heavy (non-hydrogen) atoms. The highest BCUT2D eigenvalue weighted by Crippen LogP contribution is 2.32. The van der Waals surface area contributed by atoms with Crippen molar-refractivity contribution in [3.05, 3.63) is 65.7 Å². The molecule has 0 saturated heterocycles. The number of anilines is 1. The predicted molar refractivity (Wildman–Crippen MR) is 79.3 cm³/mol. The van der Waals surface area contributed by atoms with Gasteiger partial charge in [-0.2, -0.15) is 5.26 Å². The maximum absolute atomic E-state index is 9.61. The van der Waals surface area contributed by atoms with Crippen LogP contribution in [0.25, 0.3) is 0 Å². The molecule has 2 rings (SSSR count). The molecule has 0 amide bonds. The van der Waals surface area contributed by atoms with Crippen molar-refractivity contribution in [3.8, 4) is 6.07 Å². The molecule has 0 N–H and O–H groups in total. The van der Waals surface area contributed by atoms with Crippen molar-refractivity contribution < 1.29 is 0 Å². The first-order valence-corrected chi connectivity index (χ1v) is 6.32. The summed E-state index contributed by atoms with van der Waals surface area (Å²) in [5.74, 6) is 0. The van der Waals surface area contributed by atoms with Gasteiger partial charge in [0.1, 0.15) is 5.41 Å². The monoisotopic (exact) mass is 250 g/mol. The van der Waals surface area contributed by atoms with Crippen molar-refractivity contribution in [2.24, 2.45) is 0 Å². The second-order valence-electron chi connectivity index (χ2n) is 5.04. The first-order chi connectivity index (χ1) is 9.08. The summed E-state index contributed by atoms with van der Waals surface area (Å²) in [4.78, 5) is 2.05. The van der Waals surface area contributed by atoms with E-state index in [0.717, 1.165) is 16.8 Å². The van der Waals surface area contributed by atoms with Crippen molar-refractivity contribution in [1.82, 2.24) is 0 Å². The number of rotatable bonds is 3. The molecule has 0 aliphatic rings. The van der Waals surface area contributed by atoms with E-state index in [0.29, 0.717) is 0 Å². The zero-order valence-electron chi connectivity index (χ0n) is 11.6. The first kappa shape index (κ1) is 13.2. The Morgan fingerprint density at radius 2 is 1.42 bits per heavy atom. The third-order valence-electron chi connectivity index (χ3n) is 3.54. The van der Waals surface area contributed by atoms with Crippen LogP contribution in [-0.4, -0.2) is 14.1 Å². The third-order valence-corrected chi connectivity index (χ3v) is 3.54. The van der Waals surface area contributed by atoms with Gasteiger partial charge in [0.15, 0.2) is 0 Å². The van der Waals surface area contributed by atoms with Crippen LogP contribution in [0.4, 0.5) is 5.69 Å². The highest BCUT2D eigenvalue weighted by Gasteiger charge is 2.28. The van der Waals surface area contributed by atoms with Gasteiger partial charge in [-0.05, 0) is 30.2 Å². The Morgan fingerprint density at radius 1 is 0.895 bits per heavy atom. The summed E-state index contributed by atoms with van der Waals surface area (Å²) in [6.45, 7) is 1.97. The maximum atomic E-state index is 9.61. The van der Waals surface area contributed by atoms with Gasteiger partial charge in [0.25, 0.3) is 0 Å². The van der Waals surface area contributed by atoms with E-state index in [9.17, 15) is 5.26 Å². The van der Waals surface area contributed by atoms with E-state index < -0.39 is 5.41 Å². The average molecular weight is 250 g/mol. The highest BCUT2D eigenvalue weighted by atomic mass is 15.1. The minimum atomic E-state index is -0.605. The summed E-state index contributed by atoms with van der Waals surface area (Å²) < 4.78 is 0. The van der Waals surface area contributed by atoms with Crippen LogP contribution in [-0.2, 0) is 5.41 Å². The molecule has 0 radical (unpaired) electrons. The summed E-state index contributed by atoms with van der Waals surface area (Å²) in [5.41, 5.74) is 2.57. The average Bonchev–Trinajstić information content (AvgIpc) is 2.47. The lowest BCUT2D eigenvalue weighted by Gasteiger charge is -2.23. The van der Waals surface area contributed by atoms with Crippen LogP contribution in [0, 0.1) is 11.3 Å². The van der Waals surface area contributed by atoms with Gasteiger partial charge in [-0.3, -0.25) is 0 Å². The minimum absolute atomic E-state index is 0.605. The third kappa shape index (κ3) is 2.46. The lowest BCUT2D eigenvalue weighted by molar-refractivity contribution is 0.740. The Bertz CT molecular complexity index is 579. The van der Waals surface area contributed by atoms with Gasteiger partial charge in [0, 0.05) is 19.8 Å². The fourth-order valence-corrected chi connectivity index (χ4v) is 2.16. The van der Waals surface area contributed by atoms with Gasteiger partial charge >= 0.3 is 0 Å². The number of nitriles is 1. The Morgan fingerprint density at radius 3 is 1.89 bits per heavy atom. The zero-order valence-corrected chi connectivity index (χ0v) is 11.6. The van der Waals surface area contributed by atoms with Crippen LogP contribution in [0.1, 0.15) is 18.1 Å². The van der Waals surface area contributed by atoms with Gasteiger partial charge < -0.3 is 4.90 Å². The smallest absolute Gasteiger partial charge is 0.104 e. The van der Waals surface area contributed by atoms with E-state index in [4.69, 9.17) is 0 Å². The Balaban J connectivity index is 2.45. The van der Waals surface area contributed by atoms with E-state index in [1.807, 2.05) is 75.6 Å². The van der Waals surface area contributed by atoms with E-state index >= 15 is 0 Å². The molecule has 0 aliphatic heterocycles. The topological polar surface area (TPSA) is 27.0 Å². The second kappa shape index (κ2) is 5.16. The van der Waals surface area contributed by atoms with Crippen LogP contribution < -0.4 is 4.90 Å². The van der Waals surface area contributed by atoms with Crippen molar-refractivity contribution in [2.75, 3.05) is 19.0 Å². The number of benzene rings is 2. The quantitative estimate of drug-likeness (QED) is 0.832. The number of hydrogen-bond acceptors (Lipinski definition) is 2. The molecule has 2 aromatic carbocycles. The van der Waals surface area contributed by atoms with Crippen LogP contribution in [0.5, 0.6) is 0 Å². The Kier molecular flexibility index (Phi) is 3.57. The summed E-state index contributed by atoms with van der Waals surface area (Å²) in [7, 11) is 4.02. The van der Waals surface area contributed by atoms with Crippen molar-refractivity contribution in [1.29, 1.82) is 5.26 Å². The molecule has 0 bridgehead atoms. The maximum Gasteiger partial charge on any atom is 0.104 e. The van der Waals surface area contributed by atoms with Gasteiger partial charge in [-0.1, -0.05) is 42.5 Å². The molecule has 1 unspecified atom stereocenters. The molecule has 2 aromatic rings. The molecule has 2 heteroatoms. The lowest BCUT2D eigenvalue weighted by Crippen LogP contribution is -2.21. The van der Waals surface area contributed by atoms with Crippen molar-refractivity contribution in [2.45, 2.75) is 12.3 Å². The summed E-state index contributed by atoms with van der Waals surface area (Å²) in [6, 6.07) is 20.5. The number of nitrogens with zero attached hydrogens (tertiary/aromatic N) is 2. The van der Waals surface area contributed by atoms with Crippen LogP contribution in [0.15, 0.2) is 54.6 Å². The van der Waals surface area contributed by atoms with E-state index in [2.05, 4.69) is 11.0 Å². The molecule has 2 nitrogen and oxygen atoms in total. The highest BCUT2D eigenvalue weighted by molar-refractivity contribution is 5.51. The minimum Gasteiger partial charge on any atom is -0.378 e. The van der Waals surface area contributed by atoms with Gasteiger partial charge in [0.2, 0.25) is 0 Å². The van der Waals surface area contributed by atoms with Gasteiger partial charge in [0.05, 0.1) is 6.07 Å². The largest absolute Gasteiger partial charge is 0.378 e. The predicted octanol–water partition coefficient (Wildman–Crippen LogP) is 3.58. The fraction of sp³-hybridized carbons (Fsp3) is 0.235. The fourth-order valence-electron chi connectivity index (χ4n) is 2.16.